The van der Waals surface area contributed by atoms with Crippen molar-refractivity contribution in [2.45, 2.75) is 77.6 Å². The van der Waals surface area contributed by atoms with E-state index >= 15 is 0 Å². The summed E-state index contributed by atoms with van der Waals surface area (Å²) in [6.07, 6.45) is 17.6. The van der Waals surface area contributed by atoms with Crippen LogP contribution in [0.2, 0.25) is 0 Å². The fourth-order valence-corrected chi connectivity index (χ4v) is 2.12. The molecule has 0 rings (SSSR count). The van der Waals surface area contributed by atoms with Gasteiger partial charge in [0, 0.05) is 6.54 Å². The van der Waals surface area contributed by atoms with Gasteiger partial charge in [-0.15, -0.1) is 6.58 Å². The van der Waals surface area contributed by atoms with Crippen LogP contribution in [-0.4, -0.2) is 13.1 Å². The molecule has 0 aromatic heterocycles. The Hall–Kier alpha value is -0.300. The lowest BCUT2D eigenvalue weighted by molar-refractivity contribution is 0.543. The van der Waals surface area contributed by atoms with Gasteiger partial charge in [-0.3, -0.25) is 0 Å². The topological polar surface area (TPSA) is 12.0 Å². The highest BCUT2D eigenvalue weighted by molar-refractivity contribution is 4.69. The lowest BCUT2D eigenvalue weighted by atomic mass is 10.1. The van der Waals surface area contributed by atoms with Crippen LogP contribution in [0.5, 0.6) is 0 Å². The van der Waals surface area contributed by atoms with Gasteiger partial charge in [0.15, 0.2) is 0 Å². The monoisotopic (exact) mass is 239 g/mol. The Morgan fingerprint density at radius 3 is 1.71 bits per heavy atom. The standard InChI is InChI=1S/C16H33N/c1-3-5-6-7-8-9-10-11-12-13-14-16-17-15-4-2/h4,17H,2-3,5-16H2,1H3. The zero-order valence-corrected chi connectivity index (χ0v) is 12.0. The average molecular weight is 239 g/mol. The van der Waals surface area contributed by atoms with Crippen molar-refractivity contribution in [3.05, 3.63) is 12.7 Å². The van der Waals surface area contributed by atoms with Gasteiger partial charge < -0.3 is 5.32 Å². The van der Waals surface area contributed by atoms with Gasteiger partial charge in [-0.25, -0.2) is 0 Å². The normalized spacial score (nSPS) is 10.6. The molecule has 0 fully saturated rings. The van der Waals surface area contributed by atoms with Gasteiger partial charge in [-0.2, -0.15) is 0 Å². The second kappa shape index (κ2) is 15.7. The van der Waals surface area contributed by atoms with Crippen molar-refractivity contribution in [1.29, 1.82) is 0 Å². The van der Waals surface area contributed by atoms with Gasteiger partial charge in [0.1, 0.15) is 0 Å². The number of rotatable bonds is 14. The summed E-state index contributed by atoms with van der Waals surface area (Å²) in [6.45, 7) is 8.09. The second-order valence-corrected chi connectivity index (χ2v) is 5.03. The lowest BCUT2D eigenvalue weighted by Crippen LogP contribution is -2.14. The molecule has 0 aliphatic heterocycles. The molecule has 102 valence electrons. The van der Waals surface area contributed by atoms with Gasteiger partial charge in [0.2, 0.25) is 0 Å². The first-order valence-electron chi connectivity index (χ1n) is 7.73. The van der Waals surface area contributed by atoms with Crippen LogP contribution >= 0.6 is 0 Å². The van der Waals surface area contributed by atoms with Crippen molar-refractivity contribution in [1.82, 2.24) is 5.32 Å². The van der Waals surface area contributed by atoms with Gasteiger partial charge in [-0.1, -0.05) is 77.2 Å². The maximum atomic E-state index is 3.69. The lowest BCUT2D eigenvalue weighted by Gasteiger charge is -2.03. The molecule has 0 saturated heterocycles. The summed E-state index contributed by atoms with van der Waals surface area (Å²) in [5.41, 5.74) is 0. The van der Waals surface area contributed by atoms with Gasteiger partial charge >= 0.3 is 0 Å². The number of nitrogens with one attached hydrogen (secondary N) is 1. The van der Waals surface area contributed by atoms with E-state index in [1.54, 1.807) is 0 Å². The number of hydrogen-bond donors (Lipinski definition) is 1. The molecule has 1 nitrogen and oxygen atoms in total. The van der Waals surface area contributed by atoms with E-state index in [1.807, 2.05) is 6.08 Å². The molecule has 0 radical (unpaired) electrons. The first-order valence-corrected chi connectivity index (χ1v) is 7.73. The van der Waals surface area contributed by atoms with E-state index in [4.69, 9.17) is 0 Å². The Labute approximate surface area is 109 Å². The molecule has 0 aromatic carbocycles. The Morgan fingerprint density at radius 1 is 0.765 bits per heavy atom. The second-order valence-electron chi connectivity index (χ2n) is 5.03. The van der Waals surface area contributed by atoms with Crippen molar-refractivity contribution in [3.63, 3.8) is 0 Å². The van der Waals surface area contributed by atoms with Crippen LogP contribution < -0.4 is 5.32 Å². The van der Waals surface area contributed by atoms with Crippen LogP contribution in [0.1, 0.15) is 77.6 Å². The molecular weight excluding hydrogens is 206 g/mol. The highest BCUT2D eigenvalue weighted by atomic mass is 14.8. The first-order chi connectivity index (χ1) is 8.41. The molecule has 0 atom stereocenters. The maximum Gasteiger partial charge on any atom is 0.0132 e. The van der Waals surface area contributed by atoms with Crippen molar-refractivity contribution >= 4 is 0 Å². The molecule has 0 amide bonds. The Bertz CT molecular complexity index is 142. The number of unbranched alkanes of at least 4 members (excludes halogenated alkanes) is 10. The van der Waals surface area contributed by atoms with Gasteiger partial charge in [0.25, 0.3) is 0 Å². The van der Waals surface area contributed by atoms with E-state index < -0.39 is 0 Å². The molecule has 1 heteroatoms. The fourth-order valence-electron chi connectivity index (χ4n) is 2.12. The smallest absolute Gasteiger partial charge is 0.0132 e. The fraction of sp³-hybridized carbons (Fsp3) is 0.875. The largest absolute Gasteiger partial charge is 0.313 e. The summed E-state index contributed by atoms with van der Waals surface area (Å²) in [6, 6.07) is 0. The third-order valence-electron chi connectivity index (χ3n) is 3.25. The van der Waals surface area contributed by atoms with Crippen LogP contribution in [0.4, 0.5) is 0 Å². The molecule has 0 spiro atoms. The summed E-state index contributed by atoms with van der Waals surface area (Å²) in [4.78, 5) is 0. The molecule has 0 aliphatic rings. The molecule has 0 saturated carbocycles. The minimum Gasteiger partial charge on any atom is -0.313 e. The summed E-state index contributed by atoms with van der Waals surface area (Å²) in [5.74, 6) is 0. The Morgan fingerprint density at radius 2 is 1.24 bits per heavy atom. The SMILES string of the molecule is C=CCNCCCCCCCCCCCCC. The van der Waals surface area contributed by atoms with E-state index in [9.17, 15) is 0 Å². The summed E-state index contributed by atoms with van der Waals surface area (Å²) >= 11 is 0. The van der Waals surface area contributed by atoms with E-state index in [1.165, 1.54) is 70.6 Å². The molecular formula is C16H33N. The van der Waals surface area contributed by atoms with Crippen LogP contribution in [0.15, 0.2) is 12.7 Å². The highest BCUT2D eigenvalue weighted by Gasteiger charge is 1.92. The van der Waals surface area contributed by atoms with Crippen LogP contribution in [0.3, 0.4) is 0 Å². The van der Waals surface area contributed by atoms with Crippen LogP contribution in [0.25, 0.3) is 0 Å². The zero-order chi connectivity index (χ0) is 12.6. The quantitative estimate of drug-likeness (QED) is 0.329. The molecule has 0 unspecified atom stereocenters. The molecule has 17 heavy (non-hydrogen) atoms. The highest BCUT2D eigenvalue weighted by Crippen LogP contribution is 2.10. The third kappa shape index (κ3) is 15.7. The first kappa shape index (κ1) is 16.7. The molecule has 0 aromatic rings. The van der Waals surface area contributed by atoms with Crippen molar-refractivity contribution in [3.8, 4) is 0 Å². The predicted octanol–water partition coefficient (Wildman–Crippen LogP) is 5.07. The molecule has 0 bridgehead atoms. The zero-order valence-electron chi connectivity index (χ0n) is 12.0. The van der Waals surface area contributed by atoms with E-state index in [0.717, 1.165) is 13.1 Å². The average Bonchev–Trinajstić information content (AvgIpc) is 2.35. The third-order valence-corrected chi connectivity index (χ3v) is 3.25. The van der Waals surface area contributed by atoms with E-state index in [2.05, 4.69) is 18.8 Å². The minimum atomic E-state index is 0.956. The van der Waals surface area contributed by atoms with E-state index in [-0.39, 0.29) is 0 Å². The van der Waals surface area contributed by atoms with Crippen molar-refractivity contribution < 1.29 is 0 Å². The summed E-state index contributed by atoms with van der Waals surface area (Å²) < 4.78 is 0. The summed E-state index contributed by atoms with van der Waals surface area (Å²) in [5, 5.41) is 3.35. The van der Waals surface area contributed by atoms with Crippen LogP contribution in [0, 0.1) is 0 Å². The van der Waals surface area contributed by atoms with E-state index in [0.29, 0.717) is 0 Å². The molecule has 0 heterocycles. The maximum absolute atomic E-state index is 3.69. The Balaban J connectivity index is 2.87. The van der Waals surface area contributed by atoms with Gasteiger partial charge in [0.05, 0.1) is 0 Å². The summed E-state index contributed by atoms with van der Waals surface area (Å²) in [7, 11) is 0. The molecule has 1 N–H and O–H groups in total. The van der Waals surface area contributed by atoms with Crippen molar-refractivity contribution in [2.75, 3.05) is 13.1 Å². The predicted molar refractivity (Wildman–Crippen MR) is 79.5 cm³/mol. The van der Waals surface area contributed by atoms with Crippen molar-refractivity contribution in [2.24, 2.45) is 0 Å². The minimum absolute atomic E-state index is 0.956. The Kier molecular flexibility index (Phi) is 15.4. The van der Waals surface area contributed by atoms with Gasteiger partial charge in [-0.05, 0) is 13.0 Å². The molecule has 0 aliphatic carbocycles. The van der Waals surface area contributed by atoms with Crippen LogP contribution in [-0.2, 0) is 0 Å². The number of hydrogen-bond acceptors (Lipinski definition) is 1.